The van der Waals surface area contributed by atoms with Crippen LogP contribution in [0.25, 0.3) is 0 Å². The van der Waals surface area contributed by atoms with E-state index in [1.165, 1.54) is 29.2 Å². The third kappa shape index (κ3) is 4.81. The third-order valence-corrected chi connectivity index (χ3v) is 7.73. The highest BCUT2D eigenvalue weighted by molar-refractivity contribution is 9.10. The number of halogens is 4. The molecule has 0 spiro atoms. The molecule has 0 N–H and O–H groups in total. The van der Waals surface area contributed by atoms with Crippen molar-refractivity contribution in [3.05, 3.63) is 86.6 Å². The molecular formula is C25H22BrF3N2O3S. The van der Waals surface area contributed by atoms with Crippen LogP contribution in [0.3, 0.4) is 0 Å². The minimum atomic E-state index is -3.59. The van der Waals surface area contributed by atoms with Crippen molar-refractivity contribution < 1.29 is 26.4 Å². The fourth-order valence-electron chi connectivity index (χ4n) is 4.39. The molecule has 0 aromatic heterocycles. The topological polar surface area (TPSA) is 57.7 Å². The van der Waals surface area contributed by atoms with Gasteiger partial charge in [-0.25, -0.2) is 26.4 Å². The molecular weight excluding hydrogens is 545 g/mol. The van der Waals surface area contributed by atoms with Gasteiger partial charge in [0.2, 0.25) is 0 Å². The summed E-state index contributed by atoms with van der Waals surface area (Å²) in [5.74, 6) is -2.26. The van der Waals surface area contributed by atoms with Gasteiger partial charge in [-0.1, -0.05) is 28.1 Å². The molecule has 1 aliphatic heterocycles. The maximum atomic E-state index is 14.8. The Balaban J connectivity index is 1.88. The van der Waals surface area contributed by atoms with Gasteiger partial charge in [-0.05, 0) is 61.7 Å². The number of benzene rings is 3. The van der Waals surface area contributed by atoms with E-state index in [-0.39, 0.29) is 39.1 Å². The lowest BCUT2D eigenvalue weighted by Gasteiger charge is -2.30. The van der Waals surface area contributed by atoms with E-state index in [0.717, 1.165) is 23.3 Å². The average Bonchev–Trinajstić information content (AvgIpc) is 2.87. The molecule has 0 aliphatic carbocycles. The molecule has 0 fully saturated rings. The van der Waals surface area contributed by atoms with E-state index in [0.29, 0.717) is 16.8 Å². The minimum Gasteiger partial charge on any atom is -0.293 e. The van der Waals surface area contributed by atoms with E-state index in [1.807, 2.05) is 0 Å². The Hall–Kier alpha value is -2.85. The number of urea groups is 1. The summed E-state index contributed by atoms with van der Waals surface area (Å²) in [6, 6.07) is 8.83. The van der Waals surface area contributed by atoms with Gasteiger partial charge < -0.3 is 0 Å². The monoisotopic (exact) mass is 566 g/mol. The lowest BCUT2D eigenvalue weighted by Crippen LogP contribution is -2.43. The van der Waals surface area contributed by atoms with Crippen LogP contribution in [-0.4, -0.2) is 27.2 Å². The fraction of sp³-hybridized carbons (Fsp3) is 0.240. The zero-order valence-corrected chi connectivity index (χ0v) is 21.6. The molecule has 0 atom stereocenters. The van der Waals surface area contributed by atoms with Gasteiger partial charge >= 0.3 is 6.03 Å². The first kappa shape index (κ1) is 25.2. The Morgan fingerprint density at radius 1 is 0.943 bits per heavy atom. The average molecular weight is 567 g/mol. The highest BCUT2D eigenvalue weighted by atomic mass is 79.9. The van der Waals surface area contributed by atoms with Gasteiger partial charge in [-0.3, -0.25) is 9.80 Å². The van der Waals surface area contributed by atoms with Crippen LogP contribution in [0.4, 0.5) is 29.3 Å². The van der Waals surface area contributed by atoms with Crippen LogP contribution in [0.1, 0.15) is 22.3 Å². The van der Waals surface area contributed by atoms with Crippen LogP contribution in [0.2, 0.25) is 0 Å². The Kier molecular flexibility index (Phi) is 6.72. The number of amides is 2. The maximum absolute atomic E-state index is 14.8. The molecule has 1 heterocycles. The molecule has 35 heavy (non-hydrogen) atoms. The van der Waals surface area contributed by atoms with Crippen molar-refractivity contribution in [1.29, 1.82) is 0 Å². The second-order valence-corrected chi connectivity index (χ2v) is 11.4. The van der Waals surface area contributed by atoms with Crippen LogP contribution >= 0.6 is 15.9 Å². The van der Waals surface area contributed by atoms with Gasteiger partial charge in [-0.2, -0.15) is 0 Å². The Morgan fingerprint density at radius 3 is 2.23 bits per heavy atom. The first-order valence-electron chi connectivity index (χ1n) is 10.7. The normalized spacial score (nSPS) is 14.2. The number of rotatable bonds is 4. The lowest BCUT2D eigenvalue weighted by molar-refractivity contribution is 0.251. The Morgan fingerprint density at radius 2 is 1.60 bits per heavy atom. The summed E-state index contributed by atoms with van der Waals surface area (Å²) >= 11 is 3.04. The molecule has 3 aromatic carbocycles. The number of hydrogen-bond acceptors (Lipinski definition) is 3. The van der Waals surface area contributed by atoms with Gasteiger partial charge in [-0.15, -0.1) is 0 Å². The lowest BCUT2D eigenvalue weighted by atomic mass is 10.1. The second-order valence-electron chi connectivity index (χ2n) is 8.53. The number of anilines is 2. The molecule has 0 unspecified atom stereocenters. The summed E-state index contributed by atoms with van der Waals surface area (Å²) in [6.45, 7) is 2.95. The van der Waals surface area contributed by atoms with Crippen LogP contribution in [-0.2, 0) is 22.8 Å². The van der Waals surface area contributed by atoms with Crippen molar-refractivity contribution >= 4 is 43.2 Å². The molecule has 5 nitrogen and oxygen atoms in total. The molecule has 0 bridgehead atoms. The summed E-state index contributed by atoms with van der Waals surface area (Å²) in [5.41, 5.74) is 1.57. The zero-order chi connectivity index (χ0) is 25.7. The van der Waals surface area contributed by atoms with Gasteiger partial charge in [0.05, 0.1) is 17.1 Å². The van der Waals surface area contributed by atoms with Crippen molar-refractivity contribution in [1.82, 2.24) is 0 Å². The summed E-state index contributed by atoms with van der Waals surface area (Å²) in [4.78, 5) is 16.4. The van der Waals surface area contributed by atoms with E-state index >= 15 is 0 Å². The Bertz CT molecular complexity index is 1440. The fourth-order valence-corrected chi connectivity index (χ4v) is 5.76. The molecule has 4 rings (SSSR count). The van der Waals surface area contributed by atoms with E-state index < -0.39 is 39.9 Å². The van der Waals surface area contributed by atoms with Crippen LogP contribution < -0.4 is 9.80 Å². The van der Waals surface area contributed by atoms with Crippen molar-refractivity contribution in [2.45, 2.75) is 31.7 Å². The molecule has 0 radical (unpaired) electrons. The number of carbonyl (C=O) groups excluding carboxylic acids is 1. The minimum absolute atomic E-state index is 0.0433. The molecule has 1 aliphatic rings. The first-order chi connectivity index (χ1) is 16.4. The predicted octanol–water partition coefficient (Wildman–Crippen LogP) is 6.08. The van der Waals surface area contributed by atoms with E-state index in [9.17, 15) is 26.4 Å². The molecule has 3 aromatic rings. The number of fused-ring (bicyclic) bond motifs is 1. The number of hydrogen-bond donors (Lipinski definition) is 0. The molecule has 2 amide bonds. The van der Waals surface area contributed by atoms with Crippen LogP contribution in [0.5, 0.6) is 0 Å². The standard InChI is InChI=1S/C25H22BrF3N2O3S/c1-14-9-15(2)24(35(3,33)34)12-23(14)30-8-7-17-19(27)5-4-6-22(17)31(25(30)32)13-18-20(28)10-16(26)11-21(18)29/h4-6,9-12H,7-8,13H2,1-3H3. The summed E-state index contributed by atoms with van der Waals surface area (Å²) < 4.78 is 69.1. The van der Waals surface area contributed by atoms with Crippen molar-refractivity contribution in [3.63, 3.8) is 0 Å². The van der Waals surface area contributed by atoms with Gasteiger partial charge in [0, 0.05) is 34.1 Å². The number of aryl methyl sites for hydroxylation is 2. The molecule has 184 valence electrons. The predicted molar refractivity (Wildman–Crippen MR) is 132 cm³/mol. The molecule has 0 saturated heterocycles. The summed E-state index contributed by atoms with van der Waals surface area (Å²) in [5, 5.41) is 0. The first-order valence-corrected chi connectivity index (χ1v) is 13.4. The molecule has 0 saturated carbocycles. The summed E-state index contributed by atoms with van der Waals surface area (Å²) in [7, 11) is -3.59. The quantitative estimate of drug-likeness (QED) is 0.384. The summed E-state index contributed by atoms with van der Waals surface area (Å²) in [6.07, 6.45) is 1.20. The van der Waals surface area contributed by atoms with Gasteiger partial charge in [0.15, 0.2) is 9.84 Å². The largest absolute Gasteiger partial charge is 0.329 e. The van der Waals surface area contributed by atoms with E-state index in [2.05, 4.69) is 15.9 Å². The van der Waals surface area contributed by atoms with E-state index in [1.54, 1.807) is 19.9 Å². The molecule has 10 heteroatoms. The van der Waals surface area contributed by atoms with Crippen LogP contribution in [0.15, 0.2) is 51.8 Å². The highest BCUT2D eigenvalue weighted by Crippen LogP contribution is 2.35. The van der Waals surface area contributed by atoms with Crippen molar-refractivity contribution in [2.75, 3.05) is 22.6 Å². The smallest absolute Gasteiger partial charge is 0.293 e. The van der Waals surface area contributed by atoms with Gasteiger partial charge in [0.1, 0.15) is 17.5 Å². The SMILES string of the molecule is Cc1cc(C)c(S(C)(=O)=O)cc1N1CCc2c(F)cccc2N(Cc2c(F)cc(Br)cc2F)C1=O. The highest BCUT2D eigenvalue weighted by Gasteiger charge is 2.33. The van der Waals surface area contributed by atoms with Crippen molar-refractivity contribution in [2.24, 2.45) is 0 Å². The van der Waals surface area contributed by atoms with Crippen molar-refractivity contribution in [3.8, 4) is 0 Å². The number of sulfone groups is 1. The number of nitrogens with zero attached hydrogens (tertiary/aromatic N) is 2. The van der Waals surface area contributed by atoms with Crippen LogP contribution in [0, 0.1) is 31.3 Å². The second kappa shape index (κ2) is 9.31. The van der Waals surface area contributed by atoms with E-state index in [4.69, 9.17) is 0 Å². The Labute approximate surface area is 210 Å². The number of carbonyl (C=O) groups is 1. The third-order valence-electron chi connectivity index (χ3n) is 6.04. The zero-order valence-electron chi connectivity index (χ0n) is 19.2. The maximum Gasteiger partial charge on any atom is 0.329 e. The van der Waals surface area contributed by atoms with Gasteiger partial charge in [0.25, 0.3) is 0 Å².